The van der Waals surface area contributed by atoms with Crippen LogP contribution in [-0.2, 0) is 10.0 Å². The maximum absolute atomic E-state index is 13.0. The molecule has 8 nitrogen and oxygen atoms in total. The van der Waals surface area contributed by atoms with Crippen LogP contribution in [0.25, 0.3) is 5.82 Å². The van der Waals surface area contributed by atoms with Crippen molar-refractivity contribution in [3.63, 3.8) is 0 Å². The highest BCUT2D eigenvalue weighted by Gasteiger charge is 2.30. The normalized spacial score (nSPS) is 15.6. The van der Waals surface area contributed by atoms with Gasteiger partial charge >= 0.3 is 0 Å². The SMILES string of the molecule is Cc1ccn(-c2ccc(N3CCN(S(=O)(=O)c4cccc(Cl)c4C)CC3)nn2)n1. The molecular formula is C19H21ClN6O2S. The second-order valence-corrected chi connectivity index (χ2v) is 9.22. The van der Waals surface area contributed by atoms with Gasteiger partial charge in [0.1, 0.15) is 0 Å². The molecule has 0 saturated carbocycles. The van der Waals surface area contributed by atoms with Gasteiger partial charge in [-0.2, -0.15) is 9.40 Å². The first-order valence-electron chi connectivity index (χ1n) is 9.23. The molecule has 0 spiro atoms. The number of rotatable bonds is 4. The topological polar surface area (TPSA) is 84.2 Å². The zero-order chi connectivity index (χ0) is 20.6. The number of nitrogens with zero attached hydrogens (tertiary/aromatic N) is 6. The fourth-order valence-electron chi connectivity index (χ4n) is 3.32. The first-order chi connectivity index (χ1) is 13.9. The molecule has 0 N–H and O–H groups in total. The van der Waals surface area contributed by atoms with E-state index in [0.29, 0.717) is 48.4 Å². The summed E-state index contributed by atoms with van der Waals surface area (Å²) < 4.78 is 29.2. The van der Waals surface area contributed by atoms with Gasteiger partial charge in [-0.05, 0) is 49.7 Å². The van der Waals surface area contributed by atoms with Crippen molar-refractivity contribution < 1.29 is 8.42 Å². The second kappa shape index (κ2) is 7.74. The van der Waals surface area contributed by atoms with Crippen molar-refractivity contribution in [3.8, 4) is 5.82 Å². The summed E-state index contributed by atoms with van der Waals surface area (Å²) in [5.41, 5.74) is 1.48. The maximum atomic E-state index is 13.0. The van der Waals surface area contributed by atoms with Crippen LogP contribution in [0.4, 0.5) is 5.82 Å². The molecule has 1 fully saturated rings. The van der Waals surface area contributed by atoms with Crippen LogP contribution in [0.1, 0.15) is 11.3 Å². The van der Waals surface area contributed by atoms with Gasteiger partial charge in [-0.1, -0.05) is 17.7 Å². The molecule has 29 heavy (non-hydrogen) atoms. The van der Waals surface area contributed by atoms with Gasteiger partial charge in [0, 0.05) is 37.4 Å². The van der Waals surface area contributed by atoms with E-state index in [4.69, 9.17) is 11.6 Å². The molecule has 0 radical (unpaired) electrons. The highest BCUT2D eigenvalue weighted by Crippen LogP contribution is 2.26. The zero-order valence-electron chi connectivity index (χ0n) is 16.2. The van der Waals surface area contributed by atoms with Crippen molar-refractivity contribution >= 4 is 27.4 Å². The number of anilines is 1. The van der Waals surface area contributed by atoms with Crippen LogP contribution in [-0.4, -0.2) is 58.9 Å². The molecule has 3 aromatic rings. The Bertz CT molecular complexity index is 1120. The first-order valence-corrected chi connectivity index (χ1v) is 11.0. The summed E-state index contributed by atoms with van der Waals surface area (Å²) in [5.74, 6) is 1.35. The minimum Gasteiger partial charge on any atom is -0.352 e. The Morgan fingerprint density at radius 2 is 1.62 bits per heavy atom. The molecule has 152 valence electrons. The first kappa shape index (κ1) is 19.8. The lowest BCUT2D eigenvalue weighted by molar-refractivity contribution is 0.383. The van der Waals surface area contributed by atoms with Crippen LogP contribution in [0.2, 0.25) is 5.02 Å². The van der Waals surface area contributed by atoms with Crippen LogP contribution in [0.3, 0.4) is 0 Å². The number of piperazine rings is 1. The van der Waals surface area contributed by atoms with Crippen LogP contribution in [0, 0.1) is 13.8 Å². The van der Waals surface area contributed by atoms with E-state index in [2.05, 4.69) is 15.3 Å². The fourth-order valence-corrected chi connectivity index (χ4v) is 5.22. The average molecular weight is 433 g/mol. The van der Waals surface area contributed by atoms with E-state index in [1.54, 1.807) is 29.8 Å². The molecule has 1 aliphatic rings. The van der Waals surface area contributed by atoms with Crippen molar-refractivity contribution in [2.45, 2.75) is 18.7 Å². The highest BCUT2D eigenvalue weighted by atomic mass is 35.5. The Kier molecular flexibility index (Phi) is 5.28. The number of aryl methyl sites for hydroxylation is 1. The molecule has 2 aromatic heterocycles. The van der Waals surface area contributed by atoms with Gasteiger partial charge < -0.3 is 4.90 Å². The molecule has 0 unspecified atom stereocenters. The molecule has 0 atom stereocenters. The number of aromatic nitrogens is 4. The second-order valence-electron chi connectivity index (χ2n) is 6.91. The van der Waals surface area contributed by atoms with Gasteiger partial charge in [-0.25, -0.2) is 13.1 Å². The molecular weight excluding hydrogens is 412 g/mol. The lowest BCUT2D eigenvalue weighted by Gasteiger charge is -2.34. The van der Waals surface area contributed by atoms with E-state index < -0.39 is 10.0 Å². The quantitative estimate of drug-likeness (QED) is 0.629. The van der Waals surface area contributed by atoms with Crippen molar-refractivity contribution in [2.24, 2.45) is 0 Å². The molecule has 0 bridgehead atoms. The van der Waals surface area contributed by atoms with Gasteiger partial charge in [-0.3, -0.25) is 0 Å². The summed E-state index contributed by atoms with van der Waals surface area (Å²) in [6.45, 7) is 5.45. The van der Waals surface area contributed by atoms with Gasteiger partial charge in [0.05, 0.1) is 10.6 Å². The van der Waals surface area contributed by atoms with Gasteiger partial charge in [-0.15, -0.1) is 10.2 Å². The fraction of sp³-hybridized carbons (Fsp3) is 0.316. The van der Waals surface area contributed by atoms with E-state index in [0.717, 1.165) is 5.69 Å². The lowest BCUT2D eigenvalue weighted by Crippen LogP contribution is -2.49. The summed E-state index contributed by atoms with van der Waals surface area (Å²) in [6.07, 6.45) is 1.83. The highest BCUT2D eigenvalue weighted by molar-refractivity contribution is 7.89. The standard InChI is InChI=1S/C19H21ClN6O2S/c1-14-8-9-26(23-14)19-7-6-18(21-22-19)24-10-12-25(13-11-24)29(27,28)17-5-3-4-16(20)15(17)2/h3-9H,10-13H2,1-2H3. The largest absolute Gasteiger partial charge is 0.352 e. The predicted molar refractivity (Wildman–Crippen MR) is 111 cm³/mol. The molecule has 0 amide bonds. The Labute approximate surface area is 174 Å². The smallest absolute Gasteiger partial charge is 0.243 e. The predicted octanol–water partition coefficient (Wildman–Crippen LogP) is 2.44. The summed E-state index contributed by atoms with van der Waals surface area (Å²) in [5, 5.41) is 13.3. The summed E-state index contributed by atoms with van der Waals surface area (Å²) in [6, 6.07) is 10.6. The Morgan fingerprint density at radius 1 is 0.931 bits per heavy atom. The summed E-state index contributed by atoms with van der Waals surface area (Å²) >= 11 is 6.11. The number of benzene rings is 1. The Hall–Kier alpha value is -2.49. The van der Waals surface area contributed by atoms with Crippen LogP contribution < -0.4 is 4.90 Å². The molecule has 4 rings (SSSR count). The number of hydrogen-bond acceptors (Lipinski definition) is 6. The maximum Gasteiger partial charge on any atom is 0.243 e. The van der Waals surface area contributed by atoms with Crippen LogP contribution in [0.5, 0.6) is 0 Å². The van der Waals surface area contributed by atoms with Gasteiger partial charge in [0.2, 0.25) is 10.0 Å². The number of halogens is 1. The van der Waals surface area contributed by atoms with Crippen molar-refractivity contribution in [1.82, 2.24) is 24.3 Å². The Balaban J connectivity index is 1.46. The van der Waals surface area contributed by atoms with Gasteiger partial charge in [0.15, 0.2) is 11.6 Å². The van der Waals surface area contributed by atoms with Crippen molar-refractivity contribution in [3.05, 3.63) is 58.9 Å². The van der Waals surface area contributed by atoms with Crippen molar-refractivity contribution in [1.29, 1.82) is 0 Å². The number of sulfonamides is 1. The van der Waals surface area contributed by atoms with Crippen LogP contribution in [0.15, 0.2) is 47.5 Å². The summed E-state index contributed by atoms with van der Waals surface area (Å²) in [4.78, 5) is 2.29. The zero-order valence-corrected chi connectivity index (χ0v) is 17.7. The van der Waals surface area contributed by atoms with Crippen molar-refractivity contribution in [2.75, 3.05) is 31.1 Å². The van der Waals surface area contributed by atoms with E-state index in [1.165, 1.54) is 4.31 Å². The van der Waals surface area contributed by atoms with E-state index in [1.807, 2.05) is 36.2 Å². The Morgan fingerprint density at radius 3 is 2.24 bits per heavy atom. The average Bonchev–Trinajstić information content (AvgIpc) is 3.16. The lowest BCUT2D eigenvalue weighted by atomic mass is 10.2. The molecule has 0 aliphatic carbocycles. The molecule has 10 heteroatoms. The molecule has 1 aliphatic heterocycles. The third-order valence-corrected chi connectivity index (χ3v) is 7.44. The van der Waals surface area contributed by atoms with Crippen LogP contribution >= 0.6 is 11.6 Å². The molecule has 1 saturated heterocycles. The third-order valence-electron chi connectivity index (χ3n) is 4.99. The minimum absolute atomic E-state index is 0.261. The van der Waals surface area contributed by atoms with E-state index >= 15 is 0 Å². The van der Waals surface area contributed by atoms with E-state index in [9.17, 15) is 8.42 Å². The third kappa shape index (κ3) is 3.85. The number of hydrogen-bond donors (Lipinski definition) is 0. The molecule has 3 heterocycles. The van der Waals surface area contributed by atoms with Gasteiger partial charge in [0.25, 0.3) is 0 Å². The molecule has 1 aromatic carbocycles. The summed E-state index contributed by atoms with van der Waals surface area (Å²) in [7, 11) is -3.59. The van der Waals surface area contributed by atoms with E-state index in [-0.39, 0.29) is 4.90 Å². The minimum atomic E-state index is -3.59. The monoisotopic (exact) mass is 432 g/mol.